The lowest BCUT2D eigenvalue weighted by molar-refractivity contribution is -0.0886. The quantitative estimate of drug-likeness (QED) is 0.778. The van der Waals surface area contributed by atoms with Gasteiger partial charge in [-0.15, -0.1) is 0 Å². The Bertz CT molecular complexity index is 260. The standard InChI is InChI=1S/C16H31NO/c1-5-17-14(12-13-6-7-13)16(18-4)10-8-15(2,3)9-11-16/h13-14,17H,5-12H2,1-4H3. The molecule has 2 saturated carbocycles. The van der Waals surface area contributed by atoms with Crippen LogP contribution in [0.5, 0.6) is 0 Å². The number of hydrogen-bond donors (Lipinski definition) is 1. The molecule has 1 N–H and O–H groups in total. The van der Waals surface area contributed by atoms with E-state index < -0.39 is 0 Å². The van der Waals surface area contributed by atoms with Crippen molar-refractivity contribution < 1.29 is 4.74 Å². The second kappa shape index (κ2) is 5.50. The van der Waals surface area contributed by atoms with Crippen molar-refractivity contribution in [3.05, 3.63) is 0 Å². The molecule has 2 aliphatic carbocycles. The van der Waals surface area contributed by atoms with E-state index in [0.29, 0.717) is 11.5 Å². The highest BCUT2D eigenvalue weighted by atomic mass is 16.5. The molecule has 0 saturated heterocycles. The maximum Gasteiger partial charge on any atom is 0.0831 e. The van der Waals surface area contributed by atoms with Gasteiger partial charge in [-0.3, -0.25) is 0 Å². The van der Waals surface area contributed by atoms with Gasteiger partial charge in [0.25, 0.3) is 0 Å². The van der Waals surface area contributed by atoms with E-state index in [4.69, 9.17) is 4.74 Å². The molecule has 0 aromatic carbocycles. The van der Waals surface area contributed by atoms with Crippen LogP contribution in [0.15, 0.2) is 0 Å². The van der Waals surface area contributed by atoms with Crippen LogP contribution in [0.1, 0.15) is 65.7 Å². The summed E-state index contributed by atoms with van der Waals surface area (Å²) in [6, 6.07) is 0.566. The summed E-state index contributed by atoms with van der Waals surface area (Å²) in [7, 11) is 1.93. The van der Waals surface area contributed by atoms with Gasteiger partial charge in [-0.25, -0.2) is 0 Å². The smallest absolute Gasteiger partial charge is 0.0831 e. The Kier molecular flexibility index (Phi) is 4.38. The highest BCUT2D eigenvalue weighted by molar-refractivity contribution is 5.00. The summed E-state index contributed by atoms with van der Waals surface area (Å²) < 4.78 is 6.05. The minimum Gasteiger partial charge on any atom is -0.377 e. The van der Waals surface area contributed by atoms with Gasteiger partial charge >= 0.3 is 0 Å². The molecule has 2 fully saturated rings. The molecule has 0 bridgehead atoms. The van der Waals surface area contributed by atoms with E-state index >= 15 is 0 Å². The van der Waals surface area contributed by atoms with Gasteiger partial charge < -0.3 is 10.1 Å². The second-order valence-electron chi connectivity index (χ2n) is 7.22. The van der Waals surface area contributed by atoms with Crippen LogP contribution in [0.3, 0.4) is 0 Å². The molecule has 18 heavy (non-hydrogen) atoms. The van der Waals surface area contributed by atoms with Gasteiger partial charge in [0.1, 0.15) is 0 Å². The zero-order chi connectivity index (χ0) is 13.2. The van der Waals surface area contributed by atoms with Gasteiger partial charge in [-0.2, -0.15) is 0 Å². The molecule has 0 radical (unpaired) electrons. The number of hydrogen-bond acceptors (Lipinski definition) is 2. The molecule has 1 atom stereocenters. The fourth-order valence-electron chi connectivity index (χ4n) is 3.46. The van der Waals surface area contributed by atoms with E-state index in [1.54, 1.807) is 0 Å². The van der Waals surface area contributed by atoms with Gasteiger partial charge in [0, 0.05) is 13.2 Å². The summed E-state index contributed by atoms with van der Waals surface area (Å²) in [4.78, 5) is 0. The predicted molar refractivity (Wildman–Crippen MR) is 76.8 cm³/mol. The van der Waals surface area contributed by atoms with Crippen LogP contribution >= 0.6 is 0 Å². The van der Waals surface area contributed by atoms with Crippen molar-refractivity contribution in [3.8, 4) is 0 Å². The van der Waals surface area contributed by atoms with Gasteiger partial charge in [-0.1, -0.05) is 33.6 Å². The Labute approximate surface area is 113 Å². The first-order valence-electron chi connectivity index (χ1n) is 7.80. The largest absolute Gasteiger partial charge is 0.377 e. The molecule has 0 aromatic rings. The summed E-state index contributed by atoms with van der Waals surface area (Å²) in [6.45, 7) is 8.08. The van der Waals surface area contributed by atoms with Crippen LogP contribution in [0.4, 0.5) is 0 Å². The molecule has 0 aliphatic heterocycles. The number of ether oxygens (including phenoxy) is 1. The van der Waals surface area contributed by atoms with Gasteiger partial charge in [0.15, 0.2) is 0 Å². The van der Waals surface area contributed by atoms with Gasteiger partial charge in [0.05, 0.1) is 5.60 Å². The zero-order valence-electron chi connectivity index (χ0n) is 12.7. The van der Waals surface area contributed by atoms with E-state index in [1.807, 2.05) is 7.11 Å². The fourth-order valence-corrected chi connectivity index (χ4v) is 3.46. The molecule has 2 nitrogen and oxygen atoms in total. The SMILES string of the molecule is CCNC(CC1CC1)C1(OC)CCC(C)(C)CC1. The molecule has 0 amide bonds. The van der Waals surface area contributed by atoms with Crippen LogP contribution in [0, 0.1) is 11.3 Å². The third-order valence-electron chi connectivity index (χ3n) is 5.21. The summed E-state index contributed by atoms with van der Waals surface area (Å²) in [5.41, 5.74) is 0.618. The minimum atomic E-state index is 0.105. The third kappa shape index (κ3) is 3.27. The Morgan fingerprint density at radius 2 is 1.78 bits per heavy atom. The van der Waals surface area contributed by atoms with Crippen molar-refractivity contribution in [1.82, 2.24) is 5.32 Å². The Balaban J connectivity index is 2.03. The Morgan fingerprint density at radius 3 is 2.22 bits per heavy atom. The van der Waals surface area contributed by atoms with Crippen molar-refractivity contribution >= 4 is 0 Å². The highest BCUT2D eigenvalue weighted by Crippen LogP contribution is 2.46. The Hall–Kier alpha value is -0.0800. The van der Waals surface area contributed by atoms with Crippen molar-refractivity contribution in [2.24, 2.45) is 11.3 Å². The van der Waals surface area contributed by atoms with Crippen molar-refractivity contribution in [3.63, 3.8) is 0 Å². The molecular formula is C16H31NO. The number of rotatable bonds is 6. The van der Waals surface area contributed by atoms with Crippen LogP contribution < -0.4 is 5.32 Å². The Morgan fingerprint density at radius 1 is 1.17 bits per heavy atom. The van der Waals surface area contributed by atoms with E-state index in [-0.39, 0.29) is 5.60 Å². The second-order valence-corrected chi connectivity index (χ2v) is 7.22. The average molecular weight is 253 g/mol. The number of likely N-dealkylation sites (N-methyl/N-ethyl adjacent to an activating group) is 1. The first-order chi connectivity index (χ1) is 8.51. The molecule has 106 valence electrons. The molecule has 1 unspecified atom stereocenters. The first kappa shape index (κ1) is 14.3. The van der Waals surface area contributed by atoms with Crippen LogP contribution in [-0.2, 0) is 4.74 Å². The topological polar surface area (TPSA) is 21.3 Å². The van der Waals surface area contributed by atoms with E-state index in [9.17, 15) is 0 Å². The monoisotopic (exact) mass is 253 g/mol. The van der Waals surface area contributed by atoms with Crippen LogP contribution in [-0.4, -0.2) is 25.3 Å². The van der Waals surface area contributed by atoms with Crippen molar-refractivity contribution in [2.45, 2.75) is 77.4 Å². The lowest BCUT2D eigenvalue weighted by Gasteiger charge is -2.47. The summed E-state index contributed by atoms with van der Waals surface area (Å²) in [5.74, 6) is 0.969. The minimum absolute atomic E-state index is 0.105. The molecule has 0 heterocycles. The van der Waals surface area contributed by atoms with E-state index in [2.05, 4.69) is 26.1 Å². The summed E-state index contributed by atoms with van der Waals surface area (Å²) in [6.07, 6.45) is 9.24. The van der Waals surface area contributed by atoms with E-state index in [0.717, 1.165) is 12.5 Å². The lowest BCUT2D eigenvalue weighted by Crippen LogP contribution is -2.55. The van der Waals surface area contributed by atoms with Crippen LogP contribution in [0.2, 0.25) is 0 Å². The third-order valence-corrected chi connectivity index (χ3v) is 5.21. The molecule has 0 aromatic heterocycles. The zero-order valence-corrected chi connectivity index (χ0v) is 12.7. The normalized spacial score (nSPS) is 28.0. The number of nitrogens with one attached hydrogen (secondary N) is 1. The first-order valence-corrected chi connectivity index (χ1v) is 7.80. The summed E-state index contributed by atoms with van der Waals surface area (Å²) >= 11 is 0. The predicted octanol–water partition coefficient (Wildman–Crippen LogP) is 3.75. The van der Waals surface area contributed by atoms with Crippen LogP contribution in [0.25, 0.3) is 0 Å². The maximum atomic E-state index is 6.05. The van der Waals surface area contributed by atoms with Gasteiger partial charge in [0.2, 0.25) is 0 Å². The maximum absolute atomic E-state index is 6.05. The molecule has 0 spiro atoms. The number of methoxy groups -OCH3 is 1. The van der Waals surface area contributed by atoms with Crippen molar-refractivity contribution in [1.29, 1.82) is 0 Å². The molecule has 2 aliphatic rings. The molecular weight excluding hydrogens is 222 g/mol. The molecule has 2 rings (SSSR count). The lowest BCUT2D eigenvalue weighted by atomic mass is 9.67. The highest BCUT2D eigenvalue weighted by Gasteiger charge is 2.45. The molecule has 2 heteroatoms. The van der Waals surface area contributed by atoms with Crippen molar-refractivity contribution in [2.75, 3.05) is 13.7 Å². The fraction of sp³-hybridized carbons (Fsp3) is 1.00. The van der Waals surface area contributed by atoms with E-state index in [1.165, 1.54) is 44.9 Å². The summed E-state index contributed by atoms with van der Waals surface area (Å²) in [5, 5.41) is 3.72. The van der Waals surface area contributed by atoms with Gasteiger partial charge in [-0.05, 0) is 50.0 Å². The average Bonchev–Trinajstić information content (AvgIpc) is 3.14.